The van der Waals surface area contributed by atoms with Crippen molar-refractivity contribution < 1.29 is 9.90 Å². The number of rotatable bonds is 3. The van der Waals surface area contributed by atoms with Gasteiger partial charge in [-0.25, -0.2) is 0 Å². The molecule has 5 heteroatoms. The number of amides is 1. The lowest BCUT2D eigenvalue weighted by Crippen LogP contribution is -2.23. The molecule has 0 aliphatic rings. The van der Waals surface area contributed by atoms with E-state index in [-0.39, 0.29) is 17.2 Å². The van der Waals surface area contributed by atoms with Gasteiger partial charge < -0.3 is 10.4 Å². The van der Waals surface area contributed by atoms with E-state index in [9.17, 15) is 9.90 Å². The molecule has 0 saturated carbocycles. The summed E-state index contributed by atoms with van der Waals surface area (Å²) < 4.78 is 1.20. The molecule has 2 N–H and O–H groups in total. The number of carbonyl (C=O) groups excluding carboxylic acids is 1. The first kappa shape index (κ1) is 15.1. The quantitative estimate of drug-likeness (QED) is 0.815. The SMILES string of the molecule is Cc1ccc(CNC(=O)c2cc(Br)cc(Br)c2O)cc1. The lowest BCUT2D eigenvalue weighted by atomic mass is 10.1. The van der Waals surface area contributed by atoms with E-state index >= 15 is 0 Å². The van der Waals surface area contributed by atoms with Crippen LogP contribution in [0.15, 0.2) is 45.3 Å². The lowest BCUT2D eigenvalue weighted by molar-refractivity contribution is 0.0948. The van der Waals surface area contributed by atoms with Crippen LogP contribution in [0.25, 0.3) is 0 Å². The Hall–Kier alpha value is -1.33. The number of hydrogen-bond acceptors (Lipinski definition) is 2. The molecule has 0 saturated heterocycles. The maximum Gasteiger partial charge on any atom is 0.255 e. The molecule has 0 fully saturated rings. The summed E-state index contributed by atoms with van der Waals surface area (Å²) in [5.41, 5.74) is 2.42. The molecule has 0 radical (unpaired) electrons. The lowest BCUT2D eigenvalue weighted by Gasteiger charge is -2.09. The zero-order valence-electron chi connectivity index (χ0n) is 10.8. The summed E-state index contributed by atoms with van der Waals surface area (Å²) in [6.45, 7) is 2.43. The number of halogens is 2. The summed E-state index contributed by atoms with van der Waals surface area (Å²) in [6, 6.07) is 11.2. The van der Waals surface area contributed by atoms with Gasteiger partial charge in [-0.15, -0.1) is 0 Å². The van der Waals surface area contributed by atoms with Crippen LogP contribution in [-0.4, -0.2) is 11.0 Å². The standard InChI is InChI=1S/C15H13Br2NO2/c1-9-2-4-10(5-3-9)8-18-15(20)12-6-11(16)7-13(17)14(12)19/h2-7,19H,8H2,1H3,(H,18,20). The third-order valence-corrected chi connectivity index (χ3v) is 3.91. The molecule has 0 aliphatic heterocycles. The van der Waals surface area contributed by atoms with Crippen molar-refractivity contribution in [3.63, 3.8) is 0 Å². The monoisotopic (exact) mass is 397 g/mol. The van der Waals surface area contributed by atoms with E-state index < -0.39 is 0 Å². The third-order valence-electron chi connectivity index (χ3n) is 2.85. The van der Waals surface area contributed by atoms with Crippen molar-refractivity contribution in [1.82, 2.24) is 5.32 Å². The van der Waals surface area contributed by atoms with Crippen molar-refractivity contribution in [2.24, 2.45) is 0 Å². The molecule has 0 aromatic heterocycles. The van der Waals surface area contributed by atoms with Gasteiger partial charge in [0.05, 0.1) is 10.0 Å². The van der Waals surface area contributed by atoms with Crippen LogP contribution >= 0.6 is 31.9 Å². The highest BCUT2D eigenvalue weighted by Crippen LogP contribution is 2.31. The number of aryl methyl sites for hydroxylation is 1. The topological polar surface area (TPSA) is 49.3 Å². The largest absolute Gasteiger partial charge is 0.506 e. The van der Waals surface area contributed by atoms with Crippen LogP contribution in [0.4, 0.5) is 0 Å². The zero-order chi connectivity index (χ0) is 14.7. The highest BCUT2D eigenvalue weighted by atomic mass is 79.9. The van der Waals surface area contributed by atoms with Gasteiger partial charge in [-0.2, -0.15) is 0 Å². The molecular weight excluding hydrogens is 386 g/mol. The Morgan fingerprint density at radius 2 is 1.85 bits per heavy atom. The van der Waals surface area contributed by atoms with Crippen molar-refractivity contribution in [2.75, 3.05) is 0 Å². The minimum absolute atomic E-state index is 0.0605. The maximum atomic E-state index is 12.1. The first-order valence-corrected chi connectivity index (χ1v) is 7.57. The molecule has 104 valence electrons. The predicted molar refractivity (Wildman–Crippen MR) is 85.9 cm³/mol. The molecule has 0 aliphatic carbocycles. The normalized spacial score (nSPS) is 10.3. The maximum absolute atomic E-state index is 12.1. The second kappa shape index (κ2) is 6.41. The average molecular weight is 399 g/mol. The molecule has 0 heterocycles. The number of aromatic hydroxyl groups is 1. The zero-order valence-corrected chi connectivity index (χ0v) is 14.0. The van der Waals surface area contributed by atoms with Crippen LogP contribution in [0.2, 0.25) is 0 Å². The number of carbonyl (C=O) groups is 1. The molecular formula is C15H13Br2NO2. The Labute approximate surface area is 134 Å². The van der Waals surface area contributed by atoms with Gasteiger partial charge in [0.1, 0.15) is 5.75 Å². The number of nitrogens with one attached hydrogen (secondary N) is 1. The van der Waals surface area contributed by atoms with Crippen molar-refractivity contribution in [1.29, 1.82) is 0 Å². The fourth-order valence-electron chi connectivity index (χ4n) is 1.72. The van der Waals surface area contributed by atoms with Crippen LogP contribution < -0.4 is 5.32 Å². The summed E-state index contributed by atoms with van der Waals surface area (Å²) in [5.74, 6) is -0.375. The van der Waals surface area contributed by atoms with Gasteiger partial charge in [-0.3, -0.25) is 4.79 Å². The van der Waals surface area contributed by atoms with E-state index in [2.05, 4.69) is 37.2 Å². The second-order valence-electron chi connectivity index (χ2n) is 4.45. The van der Waals surface area contributed by atoms with Crippen LogP contribution in [0.3, 0.4) is 0 Å². The number of phenolic OH excluding ortho intramolecular Hbond substituents is 1. The summed E-state index contributed by atoms with van der Waals surface area (Å²) in [7, 11) is 0. The van der Waals surface area contributed by atoms with Crippen molar-refractivity contribution in [2.45, 2.75) is 13.5 Å². The van der Waals surface area contributed by atoms with Crippen LogP contribution in [0.1, 0.15) is 21.5 Å². The fourth-order valence-corrected chi connectivity index (χ4v) is 2.95. The van der Waals surface area contributed by atoms with Gasteiger partial charge in [0.2, 0.25) is 0 Å². The molecule has 20 heavy (non-hydrogen) atoms. The molecule has 1 amide bonds. The Morgan fingerprint density at radius 3 is 2.50 bits per heavy atom. The molecule has 0 atom stereocenters. The van der Waals surface area contributed by atoms with E-state index in [1.54, 1.807) is 12.1 Å². The van der Waals surface area contributed by atoms with Gasteiger partial charge in [-0.05, 0) is 40.5 Å². The number of benzene rings is 2. The Balaban J connectivity index is 2.11. The highest BCUT2D eigenvalue weighted by molar-refractivity contribution is 9.11. The van der Waals surface area contributed by atoms with Crippen LogP contribution in [0.5, 0.6) is 5.75 Å². The smallest absolute Gasteiger partial charge is 0.255 e. The summed E-state index contributed by atoms with van der Waals surface area (Å²) in [6.07, 6.45) is 0. The summed E-state index contributed by atoms with van der Waals surface area (Å²) in [4.78, 5) is 12.1. The van der Waals surface area contributed by atoms with Gasteiger partial charge in [0, 0.05) is 11.0 Å². The third kappa shape index (κ3) is 3.61. The van der Waals surface area contributed by atoms with E-state index in [0.29, 0.717) is 11.0 Å². The highest BCUT2D eigenvalue weighted by Gasteiger charge is 2.14. The van der Waals surface area contributed by atoms with Gasteiger partial charge in [0.25, 0.3) is 5.91 Å². The van der Waals surface area contributed by atoms with Crippen LogP contribution in [0, 0.1) is 6.92 Å². The Bertz CT molecular complexity index is 639. The molecule has 3 nitrogen and oxygen atoms in total. The molecule has 0 unspecified atom stereocenters. The van der Waals surface area contributed by atoms with Crippen LogP contribution in [-0.2, 0) is 6.54 Å². The van der Waals surface area contributed by atoms with Gasteiger partial charge in [-0.1, -0.05) is 45.8 Å². The van der Waals surface area contributed by atoms with Crippen molar-refractivity contribution in [3.8, 4) is 5.75 Å². The van der Waals surface area contributed by atoms with E-state index in [1.807, 2.05) is 31.2 Å². The second-order valence-corrected chi connectivity index (χ2v) is 6.22. The predicted octanol–water partition coefficient (Wildman–Crippen LogP) is 4.16. The molecule has 2 aromatic carbocycles. The fraction of sp³-hybridized carbons (Fsp3) is 0.133. The molecule has 0 bridgehead atoms. The number of hydrogen-bond donors (Lipinski definition) is 2. The molecule has 0 spiro atoms. The Kier molecular flexibility index (Phi) is 4.83. The molecule has 2 rings (SSSR count). The van der Waals surface area contributed by atoms with Crippen molar-refractivity contribution >= 4 is 37.8 Å². The first-order valence-electron chi connectivity index (χ1n) is 5.99. The van der Waals surface area contributed by atoms with Gasteiger partial charge in [0.15, 0.2) is 0 Å². The molecule has 2 aromatic rings. The van der Waals surface area contributed by atoms with E-state index in [1.165, 1.54) is 5.56 Å². The summed E-state index contributed by atoms with van der Waals surface area (Å²) in [5, 5.41) is 12.7. The van der Waals surface area contributed by atoms with E-state index in [4.69, 9.17) is 0 Å². The Morgan fingerprint density at radius 1 is 1.20 bits per heavy atom. The number of phenols is 1. The van der Waals surface area contributed by atoms with E-state index in [0.717, 1.165) is 10.0 Å². The first-order chi connectivity index (χ1) is 9.47. The van der Waals surface area contributed by atoms with Crippen molar-refractivity contribution in [3.05, 3.63) is 62.0 Å². The average Bonchev–Trinajstić information content (AvgIpc) is 2.42. The minimum atomic E-state index is -0.315. The van der Waals surface area contributed by atoms with Gasteiger partial charge >= 0.3 is 0 Å². The summed E-state index contributed by atoms with van der Waals surface area (Å²) >= 11 is 6.51. The minimum Gasteiger partial charge on any atom is -0.506 e.